The Morgan fingerprint density at radius 2 is 1.95 bits per heavy atom. The van der Waals surface area contributed by atoms with E-state index in [0.717, 1.165) is 12.1 Å². The van der Waals surface area contributed by atoms with Gasteiger partial charge in [-0.25, -0.2) is 4.39 Å². The number of carbonyl (C=O) groups is 1. The molecule has 0 radical (unpaired) electrons. The van der Waals surface area contributed by atoms with Crippen molar-refractivity contribution in [2.24, 2.45) is 0 Å². The summed E-state index contributed by atoms with van der Waals surface area (Å²) in [5.74, 6) is -4.76. The second-order valence-corrected chi connectivity index (χ2v) is 3.54. The molecule has 0 aromatic heterocycles. The third-order valence-electron chi connectivity index (χ3n) is 1.78. The highest BCUT2D eigenvalue weighted by Gasteiger charge is 2.39. The minimum atomic E-state index is -5.20. The van der Waals surface area contributed by atoms with Crippen molar-refractivity contribution in [1.29, 1.82) is 0 Å². The van der Waals surface area contributed by atoms with Gasteiger partial charge in [0.15, 0.2) is 11.6 Å². The molecule has 1 amide bonds. The Bertz CT molecular complexity index is 496. The summed E-state index contributed by atoms with van der Waals surface area (Å²) in [7, 11) is -2.51. The summed E-state index contributed by atoms with van der Waals surface area (Å²) in [5, 5.41) is 17.8. The van der Waals surface area contributed by atoms with Gasteiger partial charge in [-0.15, -0.1) is 0 Å². The predicted molar refractivity (Wildman–Crippen MR) is 56.9 cm³/mol. The fraction of sp³-hybridized carbons (Fsp3) is 0.125. The maximum absolute atomic E-state index is 13.5. The van der Waals surface area contributed by atoms with Crippen LogP contribution in [0.3, 0.4) is 0 Å². The van der Waals surface area contributed by atoms with Crippen LogP contribution in [0, 0.1) is 5.82 Å². The number of rotatable bonds is 3. The van der Waals surface area contributed by atoms with E-state index in [1.807, 2.05) is 0 Å². The van der Waals surface area contributed by atoms with Crippen LogP contribution in [-0.2, 0) is 4.79 Å². The highest BCUT2D eigenvalue weighted by molar-refractivity contribution is 6.34. The molecule has 104 valence electrons. The summed E-state index contributed by atoms with van der Waals surface area (Å²) >= 11 is 5.34. The fourth-order valence-corrected chi connectivity index (χ4v) is 1.19. The quantitative estimate of drug-likeness (QED) is 0.581. The number of carbonyl (C=O) groups excluding carboxylic acids is 1. The van der Waals surface area contributed by atoms with E-state index in [9.17, 15) is 22.4 Å². The molecule has 0 saturated heterocycles. The van der Waals surface area contributed by atoms with E-state index in [1.165, 1.54) is 5.32 Å². The lowest BCUT2D eigenvalue weighted by atomic mass is 10.2. The molecule has 0 aliphatic rings. The Morgan fingerprint density at radius 1 is 1.37 bits per heavy atom. The molecule has 19 heavy (non-hydrogen) atoms. The molecule has 3 N–H and O–H groups in total. The van der Waals surface area contributed by atoms with Gasteiger partial charge >= 0.3 is 19.4 Å². The average Bonchev–Trinajstić information content (AvgIpc) is 2.26. The van der Waals surface area contributed by atoms with Gasteiger partial charge < -0.3 is 20.0 Å². The summed E-state index contributed by atoms with van der Waals surface area (Å²) < 4.78 is 53.7. The molecule has 0 heterocycles. The van der Waals surface area contributed by atoms with Crippen LogP contribution in [0.1, 0.15) is 0 Å². The SMILES string of the molecule is O=C(Nc1ccc(Cl)c(F)c1OB(O)O)C(F)(F)F. The molecule has 0 aliphatic heterocycles. The first-order chi connectivity index (χ1) is 8.62. The number of amides is 1. The van der Waals surface area contributed by atoms with Crippen LogP contribution in [-0.4, -0.2) is 29.5 Å². The zero-order chi connectivity index (χ0) is 14.8. The standard InChI is InChI=1S/C8H5BClF4NO4/c10-3-1-2-4(15-7(16)8(12,13)14)6(5(3)11)19-9(17)18/h1-2,17-18H,(H,15,16). The van der Waals surface area contributed by atoms with Crippen LogP contribution in [0.5, 0.6) is 5.75 Å². The highest BCUT2D eigenvalue weighted by Crippen LogP contribution is 2.34. The zero-order valence-corrected chi connectivity index (χ0v) is 9.59. The molecule has 1 aromatic carbocycles. The average molecular weight is 301 g/mol. The van der Waals surface area contributed by atoms with E-state index in [2.05, 4.69) is 4.65 Å². The van der Waals surface area contributed by atoms with Gasteiger partial charge in [-0.1, -0.05) is 11.6 Å². The number of anilines is 1. The lowest BCUT2D eigenvalue weighted by Gasteiger charge is -2.14. The van der Waals surface area contributed by atoms with Crippen LogP contribution in [0.25, 0.3) is 0 Å². The smallest absolute Gasteiger partial charge is 0.508 e. The molecule has 11 heteroatoms. The van der Waals surface area contributed by atoms with Crippen molar-refractivity contribution in [1.82, 2.24) is 0 Å². The van der Waals surface area contributed by atoms with Crippen molar-refractivity contribution < 1.29 is 37.1 Å². The summed E-state index contributed by atoms with van der Waals surface area (Å²) in [6.45, 7) is 0. The molecule has 0 fully saturated rings. The van der Waals surface area contributed by atoms with Gasteiger partial charge in [-0.3, -0.25) is 4.79 Å². The van der Waals surface area contributed by atoms with E-state index in [1.54, 1.807) is 0 Å². The molecule has 0 saturated carbocycles. The molecule has 1 rings (SSSR count). The van der Waals surface area contributed by atoms with Crippen molar-refractivity contribution in [3.05, 3.63) is 23.0 Å². The lowest BCUT2D eigenvalue weighted by Crippen LogP contribution is -2.31. The zero-order valence-electron chi connectivity index (χ0n) is 8.83. The van der Waals surface area contributed by atoms with Gasteiger partial charge in [-0.2, -0.15) is 13.2 Å². The van der Waals surface area contributed by atoms with Crippen molar-refractivity contribution >= 4 is 30.5 Å². The summed E-state index contributed by atoms with van der Waals surface area (Å²) in [5.41, 5.74) is -0.752. The monoisotopic (exact) mass is 301 g/mol. The molecule has 0 spiro atoms. The summed E-state index contributed by atoms with van der Waals surface area (Å²) in [6.07, 6.45) is -5.20. The first kappa shape index (κ1) is 15.5. The highest BCUT2D eigenvalue weighted by atomic mass is 35.5. The molecular weight excluding hydrogens is 296 g/mol. The van der Waals surface area contributed by atoms with Crippen molar-refractivity contribution in [2.75, 3.05) is 5.32 Å². The molecule has 5 nitrogen and oxygen atoms in total. The third kappa shape index (κ3) is 3.98. The van der Waals surface area contributed by atoms with Crippen molar-refractivity contribution in [3.63, 3.8) is 0 Å². The Labute approximate surface area is 108 Å². The minimum absolute atomic E-state index is 0.541. The lowest BCUT2D eigenvalue weighted by molar-refractivity contribution is -0.167. The van der Waals surface area contributed by atoms with Crippen molar-refractivity contribution in [2.45, 2.75) is 6.18 Å². The number of hydrogen-bond donors (Lipinski definition) is 3. The Balaban J connectivity index is 3.13. The van der Waals surface area contributed by atoms with E-state index >= 15 is 0 Å². The molecule has 0 atom stereocenters. The van der Waals surface area contributed by atoms with Crippen LogP contribution in [0.15, 0.2) is 12.1 Å². The molecule has 1 aromatic rings. The van der Waals surface area contributed by atoms with E-state index in [-0.39, 0.29) is 0 Å². The Kier molecular flexibility index (Phi) is 4.61. The second kappa shape index (κ2) is 5.64. The maximum Gasteiger partial charge on any atom is 0.707 e. The van der Waals surface area contributed by atoms with Gasteiger partial charge in [0.25, 0.3) is 0 Å². The topological polar surface area (TPSA) is 78.8 Å². The first-order valence-electron chi connectivity index (χ1n) is 4.52. The van der Waals surface area contributed by atoms with Gasteiger partial charge in [0.2, 0.25) is 0 Å². The normalized spacial score (nSPS) is 11.1. The predicted octanol–water partition coefficient (Wildman–Crippen LogP) is 1.33. The number of nitrogens with one attached hydrogen (secondary N) is 1. The largest absolute Gasteiger partial charge is 0.707 e. The Morgan fingerprint density at radius 3 is 2.42 bits per heavy atom. The fourth-order valence-electron chi connectivity index (χ4n) is 1.04. The van der Waals surface area contributed by atoms with E-state index in [0.29, 0.717) is 0 Å². The minimum Gasteiger partial charge on any atom is -0.508 e. The summed E-state index contributed by atoms with van der Waals surface area (Å²) in [4.78, 5) is 10.7. The van der Waals surface area contributed by atoms with Crippen LogP contribution >= 0.6 is 11.6 Å². The second-order valence-electron chi connectivity index (χ2n) is 3.13. The number of hydrogen-bond acceptors (Lipinski definition) is 4. The first-order valence-corrected chi connectivity index (χ1v) is 4.89. The van der Waals surface area contributed by atoms with Gasteiger partial charge in [0.05, 0.1) is 10.7 Å². The van der Waals surface area contributed by atoms with Crippen LogP contribution in [0.4, 0.5) is 23.2 Å². The van der Waals surface area contributed by atoms with Gasteiger partial charge in [0, 0.05) is 0 Å². The van der Waals surface area contributed by atoms with E-state index in [4.69, 9.17) is 21.6 Å². The van der Waals surface area contributed by atoms with Crippen molar-refractivity contribution in [3.8, 4) is 5.75 Å². The molecule has 0 aliphatic carbocycles. The molecule has 0 bridgehead atoms. The van der Waals surface area contributed by atoms with Crippen LogP contribution in [0.2, 0.25) is 5.02 Å². The van der Waals surface area contributed by atoms with Gasteiger partial charge in [0.1, 0.15) is 0 Å². The number of alkyl halides is 3. The maximum atomic E-state index is 13.5. The number of halogens is 5. The third-order valence-corrected chi connectivity index (χ3v) is 2.07. The van der Waals surface area contributed by atoms with E-state index < -0.39 is 41.7 Å². The molecular formula is C8H5BClF4NO4. The van der Waals surface area contributed by atoms with Gasteiger partial charge in [-0.05, 0) is 12.1 Å². The van der Waals surface area contributed by atoms with Crippen LogP contribution < -0.4 is 9.97 Å². The number of benzene rings is 1. The molecule has 0 unspecified atom stereocenters. The summed E-state index contributed by atoms with van der Waals surface area (Å²) in [6, 6.07) is 1.67. The Hall–Kier alpha value is -1.52.